The molecule has 0 amide bonds. The summed E-state index contributed by atoms with van der Waals surface area (Å²) in [5.74, 6) is 0.00423. The van der Waals surface area contributed by atoms with Crippen LogP contribution in [-0.2, 0) is 0 Å². The first kappa shape index (κ1) is 13.6. The Labute approximate surface area is 115 Å². The zero-order chi connectivity index (χ0) is 14.5. The summed E-state index contributed by atoms with van der Waals surface area (Å²) in [6.45, 7) is 0. The number of carboxylic acid groups (broad SMARTS) is 1. The zero-order valence-electron chi connectivity index (χ0n) is 11.0. The van der Waals surface area contributed by atoms with Crippen LogP contribution in [0.4, 0.5) is 11.5 Å². The molecule has 0 atom stereocenters. The standard InChI is InChI=1S/C13H13N3O4/c1-19-11-4-3-9(7-14-11)15-10-5-8(13(17)18)6-12(16-10)20-2/h3-7H,1-2H3,(H,15,16)(H,17,18). The highest BCUT2D eigenvalue weighted by Crippen LogP contribution is 2.20. The van der Waals surface area contributed by atoms with E-state index >= 15 is 0 Å². The lowest BCUT2D eigenvalue weighted by Crippen LogP contribution is -2.02. The third-order valence-corrected chi connectivity index (χ3v) is 2.48. The summed E-state index contributed by atoms with van der Waals surface area (Å²) in [4.78, 5) is 19.2. The second-order valence-electron chi connectivity index (χ2n) is 3.80. The molecule has 0 bridgehead atoms. The van der Waals surface area contributed by atoms with Gasteiger partial charge in [-0.15, -0.1) is 0 Å². The van der Waals surface area contributed by atoms with Crippen molar-refractivity contribution in [1.29, 1.82) is 0 Å². The first-order chi connectivity index (χ1) is 9.62. The monoisotopic (exact) mass is 275 g/mol. The Balaban J connectivity index is 2.27. The van der Waals surface area contributed by atoms with Crippen LogP contribution in [0.1, 0.15) is 10.4 Å². The predicted molar refractivity (Wildman–Crippen MR) is 71.8 cm³/mol. The average molecular weight is 275 g/mol. The number of hydrogen-bond donors (Lipinski definition) is 2. The Hall–Kier alpha value is -2.83. The van der Waals surface area contributed by atoms with Gasteiger partial charge in [0.15, 0.2) is 0 Å². The first-order valence-electron chi connectivity index (χ1n) is 5.69. The van der Waals surface area contributed by atoms with Crippen molar-refractivity contribution < 1.29 is 19.4 Å². The normalized spacial score (nSPS) is 9.90. The van der Waals surface area contributed by atoms with Crippen molar-refractivity contribution in [2.75, 3.05) is 19.5 Å². The van der Waals surface area contributed by atoms with Gasteiger partial charge in [-0.05, 0) is 12.1 Å². The molecule has 2 heterocycles. The molecule has 20 heavy (non-hydrogen) atoms. The number of aromatic nitrogens is 2. The number of anilines is 2. The van der Waals surface area contributed by atoms with E-state index in [4.69, 9.17) is 14.6 Å². The zero-order valence-corrected chi connectivity index (χ0v) is 11.0. The van der Waals surface area contributed by atoms with Crippen molar-refractivity contribution in [2.24, 2.45) is 0 Å². The number of hydrogen-bond acceptors (Lipinski definition) is 6. The van der Waals surface area contributed by atoms with Crippen molar-refractivity contribution in [2.45, 2.75) is 0 Å². The van der Waals surface area contributed by atoms with Gasteiger partial charge in [-0.2, -0.15) is 4.98 Å². The van der Waals surface area contributed by atoms with E-state index in [0.29, 0.717) is 17.4 Å². The Kier molecular flexibility index (Phi) is 3.99. The van der Waals surface area contributed by atoms with E-state index < -0.39 is 5.97 Å². The molecule has 2 aromatic heterocycles. The molecule has 0 saturated heterocycles. The number of rotatable bonds is 5. The van der Waals surface area contributed by atoms with Gasteiger partial charge >= 0.3 is 5.97 Å². The van der Waals surface area contributed by atoms with Gasteiger partial charge in [-0.25, -0.2) is 9.78 Å². The number of carboxylic acids is 1. The molecule has 0 saturated carbocycles. The minimum atomic E-state index is -1.05. The summed E-state index contributed by atoms with van der Waals surface area (Å²) < 4.78 is 9.92. The SMILES string of the molecule is COc1ccc(Nc2cc(C(=O)O)cc(OC)n2)cn1. The van der Waals surface area contributed by atoms with Crippen LogP contribution in [0.15, 0.2) is 30.5 Å². The Morgan fingerprint density at radius 2 is 1.95 bits per heavy atom. The van der Waals surface area contributed by atoms with Crippen LogP contribution in [0.25, 0.3) is 0 Å². The summed E-state index contributed by atoms with van der Waals surface area (Å²) >= 11 is 0. The Morgan fingerprint density at radius 1 is 1.20 bits per heavy atom. The molecule has 0 radical (unpaired) electrons. The largest absolute Gasteiger partial charge is 0.481 e. The highest BCUT2D eigenvalue weighted by Gasteiger charge is 2.09. The van der Waals surface area contributed by atoms with Crippen LogP contribution in [0.3, 0.4) is 0 Å². The summed E-state index contributed by atoms with van der Waals surface area (Å²) in [6, 6.07) is 6.18. The average Bonchev–Trinajstić information content (AvgIpc) is 2.47. The smallest absolute Gasteiger partial charge is 0.336 e. The molecule has 0 spiro atoms. The quantitative estimate of drug-likeness (QED) is 0.861. The third kappa shape index (κ3) is 3.14. The van der Waals surface area contributed by atoms with Crippen LogP contribution in [0.2, 0.25) is 0 Å². The summed E-state index contributed by atoms with van der Waals surface area (Å²) in [5, 5.41) is 12.0. The van der Waals surface area contributed by atoms with Gasteiger partial charge in [0.1, 0.15) is 5.82 Å². The molecule has 2 aromatic rings. The molecular formula is C13H13N3O4. The Morgan fingerprint density at radius 3 is 2.50 bits per heavy atom. The van der Waals surface area contributed by atoms with Crippen LogP contribution in [0, 0.1) is 0 Å². The lowest BCUT2D eigenvalue weighted by molar-refractivity contribution is 0.0696. The predicted octanol–water partition coefficient (Wildman–Crippen LogP) is 1.94. The molecule has 0 fully saturated rings. The van der Waals surface area contributed by atoms with E-state index in [1.54, 1.807) is 18.3 Å². The molecule has 104 valence electrons. The van der Waals surface area contributed by atoms with Crippen molar-refractivity contribution in [3.05, 3.63) is 36.0 Å². The number of carbonyl (C=O) groups is 1. The molecule has 0 aromatic carbocycles. The van der Waals surface area contributed by atoms with Crippen molar-refractivity contribution in [1.82, 2.24) is 9.97 Å². The first-order valence-corrected chi connectivity index (χ1v) is 5.69. The molecule has 2 rings (SSSR count). The molecule has 0 aliphatic heterocycles. The lowest BCUT2D eigenvalue weighted by atomic mass is 10.2. The van der Waals surface area contributed by atoms with Gasteiger partial charge in [0.25, 0.3) is 0 Å². The van der Waals surface area contributed by atoms with Gasteiger partial charge in [0.05, 0.1) is 31.7 Å². The second-order valence-corrected chi connectivity index (χ2v) is 3.80. The summed E-state index contributed by atoms with van der Waals surface area (Å²) in [6.07, 6.45) is 1.56. The minimum Gasteiger partial charge on any atom is -0.481 e. The summed E-state index contributed by atoms with van der Waals surface area (Å²) in [7, 11) is 2.95. The molecule has 2 N–H and O–H groups in total. The molecule has 7 heteroatoms. The summed E-state index contributed by atoms with van der Waals surface area (Å²) in [5.41, 5.74) is 0.740. The fraction of sp³-hybridized carbons (Fsp3) is 0.154. The number of methoxy groups -OCH3 is 2. The van der Waals surface area contributed by atoms with Gasteiger partial charge in [0.2, 0.25) is 11.8 Å². The minimum absolute atomic E-state index is 0.0841. The van der Waals surface area contributed by atoms with Crippen LogP contribution < -0.4 is 14.8 Å². The van der Waals surface area contributed by atoms with Crippen LogP contribution in [-0.4, -0.2) is 35.3 Å². The third-order valence-electron chi connectivity index (χ3n) is 2.48. The number of nitrogens with one attached hydrogen (secondary N) is 1. The molecule has 0 unspecified atom stereocenters. The Bertz CT molecular complexity index is 614. The maximum Gasteiger partial charge on any atom is 0.336 e. The maximum absolute atomic E-state index is 11.0. The maximum atomic E-state index is 11.0. The van der Waals surface area contributed by atoms with Crippen molar-refractivity contribution in [3.8, 4) is 11.8 Å². The van der Waals surface area contributed by atoms with E-state index in [0.717, 1.165) is 0 Å². The van der Waals surface area contributed by atoms with Crippen molar-refractivity contribution >= 4 is 17.5 Å². The topological polar surface area (TPSA) is 93.6 Å². The van der Waals surface area contributed by atoms with Gasteiger partial charge in [-0.3, -0.25) is 0 Å². The molecule has 0 aliphatic carbocycles. The van der Waals surface area contributed by atoms with E-state index in [-0.39, 0.29) is 11.4 Å². The van der Waals surface area contributed by atoms with Gasteiger partial charge < -0.3 is 19.9 Å². The fourth-order valence-corrected chi connectivity index (χ4v) is 1.52. The number of aromatic carboxylic acids is 1. The number of ether oxygens (including phenoxy) is 2. The van der Waals surface area contributed by atoms with E-state index in [9.17, 15) is 4.79 Å². The highest BCUT2D eigenvalue weighted by atomic mass is 16.5. The lowest BCUT2D eigenvalue weighted by Gasteiger charge is -2.08. The van der Waals surface area contributed by atoms with E-state index in [2.05, 4.69) is 15.3 Å². The number of nitrogens with zero attached hydrogens (tertiary/aromatic N) is 2. The van der Waals surface area contributed by atoms with E-state index in [1.807, 2.05) is 0 Å². The second kappa shape index (κ2) is 5.87. The molecule has 7 nitrogen and oxygen atoms in total. The fourth-order valence-electron chi connectivity index (χ4n) is 1.52. The van der Waals surface area contributed by atoms with Gasteiger partial charge in [-0.1, -0.05) is 0 Å². The van der Waals surface area contributed by atoms with Crippen LogP contribution >= 0.6 is 0 Å². The molecule has 0 aliphatic rings. The van der Waals surface area contributed by atoms with Gasteiger partial charge in [0, 0.05) is 12.1 Å². The number of pyridine rings is 2. The molecular weight excluding hydrogens is 262 g/mol. The van der Waals surface area contributed by atoms with Crippen molar-refractivity contribution in [3.63, 3.8) is 0 Å². The van der Waals surface area contributed by atoms with E-state index in [1.165, 1.54) is 26.4 Å². The highest BCUT2D eigenvalue weighted by molar-refractivity contribution is 5.89. The van der Waals surface area contributed by atoms with Crippen LogP contribution in [0.5, 0.6) is 11.8 Å².